The minimum Gasteiger partial charge on any atom is -0.493 e. The molecule has 2 heterocycles. The summed E-state index contributed by atoms with van der Waals surface area (Å²) in [5.41, 5.74) is 7.76. The van der Waals surface area contributed by atoms with Gasteiger partial charge in [0.2, 0.25) is 11.6 Å². The van der Waals surface area contributed by atoms with E-state index in [9.17, 15) is 23.2 Å². The van der Waals surface area contributed by atoms with Crippen LogP contribution in [-0.2, 0) is 21.2 Å². The van der Waals surface area contributed by atoms with Gasteiger partial charge in [0.15, 0.2) is 5.96 Å². The van der Waals surface area contributed by atoms with Crippen LogP contribution in [0, 0.1) is 5.41 Å². The number of ketones is 2. The van der Waals surface area contributed by atoms with E-state index >= 15 is 0 Å². The van der Waals surface area contributed by atoms with Crippen LogP contribution in [0.4, 0.5) is 5.69 Å². The molecule has 0 unspecified atom stereocenters. The van der Waals surface area contributed by atoms with Gasteiger partial charge in [-0.15, -0.1) is 11.3 Å². The third-order valence-corrected chi connectivity index (χ3v) is 7.04. The number of hydroxylamine groups is 1. The van der Waals surface area contributed by atoms with Crippen molar-refractivity contribution in [1.82, 2.24) is 10.8 Å². The number of thiophene rings is 1. The maximum absolute atomic E-state index is 12.8. The second-order valence-corrected chi connectivity index (χ2v) is 9.59. The highest BCUT2D eigenvalue weighted by Crippen LogP contribution is 2.30. The van der Waals surface area contributed by atoms with Crippen LogP contribution in [0.5, 0.6) is 5.75 Å². The molecule has 1 atom stereocenters. The Bertz CT molecular complexity index is 1130. The summed E-state index contributed by atoms with van der Waals surface area (Å²) < 4.78 is 33.4. The highest BCUT2D eigenvalue weighted by atomic mass is 32.2. The fraction of sp³-hybridized carbons (Fsp3) is 0.316. The fourth-order valence-electron chi connectivity index (χ4n) is 3.15. The summed E-state index contributed by atoms with van der Waals surface area (Å²) in [7, 11) is -4.01. The van der Waals surface area contributed by atoms with E-state index in [-0.39, 0.29) is 34.4 Å². The van der Waals surface area contributed by atoms with Crippen molar-refractivity contribution < 1.29 is 28.0 Å². The van der Waals surface area contributed by atoms with Gasteiger partial charge in [-0.1, -0.05) is 0 Å². The minimum atomic E-state index is -4.01. The van der Waals surface area contributed by atoms with Gasteiger partial charge in [-0.25, -0.2) is 8.42 Å². The Labute approximate surface area is 188 Å². The maximum atomic E-state index is 12.8. The number of nitrogens with two attached hydrogens (primary N) is 1. The van der Waals surface area contributed by atoms with Gasteiger partial charge in [0.25, 0.3) is 10.0 Å². The zero-order valence-electron chi connectivity index (χ0n) is 16.9. The number of benzene rings is 1. The Balaban J connectivity index is 1.71. The van der Waals surface area contributed by atoms with Crippen molar-refractivity contribution in [3.63, 3.8) is 0 Å². The summed E-state index contributed by atoms with van der Waals surface area (Å²) in [6, 6.07) is 4.73. The number of hydrogen-bond acceptors (Lipinski definition) is 9. The topological polar surface area (TPSA) is 184 Å². The average Bonchev–Trinajstić information content (AvgIpc) is 3.41. The van der Waals surface area contributed by atoms with Crippen molar-refractivity contribution in [2.75, 3.05) is 17.9 Å². The molecular weight excluding hydrogens is 458 g/mol. The molecule has 0 radical (unpaired) electrons. The molecule has 1 aromatic carbocycles. The molecule has 172 valence electrons. The lowest BCUT2D eigenvalue weighted by atomic mass is 10.0. The fourth-order valence-corrected chi connectivity index (χ4v) is 5.13. The van der Waals surface area contributed by atoms with E-state index in [1.807, 2.05) is 5.48 Å². The molecule has 0 bridgehead atoms. The van der Waals surface area contributed by atoms with Gasteiger partial charge < -0.3 is 21.0 Å². The van der Waals surface area contributed by atoms with Gasteiger partial charge in [0.1, 0.15) is 10.6 Å². The number of ether oxygens (including phenoxy) is 1. The van der Waals surface area contributed by atoms with Crippen LogP contribution in [0.15, 0.2) is 34.5 Å². The van der Waals surface area contributed by atoms with E-state index in [1.54, 1.807) is 6.07 Å². The summed E-state index contributed by atoms with van der Waals surface area (Å²) in [4.78, 5) is 25.2. The van der Waals surface area contributed by atoms with Gasteiger partial charge in [-0.2, -0.15) is 5.48 Å². The molecule has 1 aromatic heterocycles. The molecule has 1 aliphatic rings. The van der Waals surface area contributed by atoms with Crippen molar-refractivity contribution in [1.29, 1.82) is 5.41 Å². The summed E-state index contributed by atoms with van der Waals surface area (Å²) >= 11 is 0.918. The number of fused-ring (bicyclic) bond motifs is 1. The highest BCUT2D eigenvalue weighted by molar-refractivity contribution is 7.92. The Morgan fingerprint density at radius 1 is 1.31 bits per heavy atom. The van der Waals surface area contributed by atoms with E-state index in [4.69, 9.17) is 15.9 Å². The van der Waals surface area contributed by atoms with Gasteiger partial charge in [0, 0.05) is 13.0 Å². The zero-order valence-corrected chi connectivity index (χ0v) is 18.5. The molecule has 7 N–H and O–H groups in total. The van der Waals surface area contributed by atoms with Crippen LogP contribution in [0.1, 0.15) is 28.1 Å². The number of nitrogens with one attached hydrogen (secondary N) is 4. The lowest BCUT2D eigenvalue weighted by Gasteiger charge is -2.14. The van der Waals surface area contributed by atoms with Crippen LogP contribution >= 0.6 is 11.3 Å². The first-order valence-corrected chi connectivity index (χ1v) is 12.0. The smallest absolute Gasteiger partial charge is 0.261 e. The van der Waals surface area contributed by atoms with E-state index in [2.05, 4.69) is 10.0 Å². The van der Waals surface area contributed by atoms with Gasteiger partial charge in [0.05, 0.1) is 23.2 Å². The molecule has 3 rings (SSSR count). The predicted octanol–water partition coefficient (Wildman–Crippen LogP) is 0.846. The number of anilines is 1. The lowest BCUT2D eigenvalue weighted by molar-refractivity contribution is -0.119. The van der Waals surface area contributed by atoms with Crippen molar-refractivity contribution in [2.45, 2.75) is 30.2 Å². The molecule has 0 fully saturated rings. The molecule has 11 nitrogen and oxygen atoms in total. The average molecular weight is 482 g/mol. The molecule has 0 aliphatic carbocycles. The van der Waals surface area contributed by atoms with Gasteiger partial charge >= 0.3 is 0 Å². The molecule has 0 saturated heterocycles. The van der Waals surface area contributed by atoms with E-state index < -0.39 is 27.6 Å². The van der Waals surface area contributed by atoms with E-state index in [0.29, 0.717) is 25.2 Å². The van der Waals surface area contributed by atoms with Crippen molar-refractivity contribution in [2.24, 2.45) is 5.73 Å². The Morgan fingerprint density at radius 3 is 2.81 bits per heavy atom. The first-order chi connectivity index (χ1) is 15.2. The van der Waals surface area contributed by atoms with Crippen molar-refractivity contribution >= 4 is 44.6 Å². The van der Waals surface area contributed by atoms with Crippen LogP contribution < -0.4 is 26.0 Å². The molecule has 2 aromatic rings. The van der Waals surface area contributed by atoms with E-state index in [1.165, 1.54) is 23.6 Å². The number of sulfonamides is 1. The quantitative estimate of drug-likeness (QED) is 0.0676. The number of hydrogen-bond donors (Lipinski definition) is 6. The van der Waals surface area contributed by atoms with Crippen LogP contribution in [0.25, 0.3) is 0 Å². The lowest BCUT2D eigenvalue weighted by Crippen LogP contribution is -2.40. The third kappa shape index (κ3) is 5.43. The predicted molar refractivity (Wildman–Crippen MR) is 118 cm³/mol. The second kappa shape index (κ2) is 10.1. The largest absolute Gasteiger partial charge is 0.493 e. The summed E-state index contributed by atoms with van der Waals surface area (Å²) in [5.74, 6) is -1.42. The Kier molecular flexibility index (Phi) is 7.45. The molecule has 0 amide bonds. The Morgan fingerprint density at radius 2 is 2.09 bits per heavy atom. The van der Waals surface area contributed by atoms with Crippen molar-refractivity contribution in [3.05, 3.63) is 40.1 Å². The van der Waals surface area contributed by atoms with Crippen LogP contribution in [0.2, 0.25) is 0 Å². The monoisotopic (exact) mass is 481 g/mol. The number of rotatable bonds is 11. The molecule has 13 heteroatoms. The standard InChI is InChI=1S/C19H23N5O6S2/c20-19(21)22-7-1-2-13(23-27)16(25)17(26)18-14(6-9-31-18)24-32(28,29)12-3-4-15-11(10-12)5-8-30-15/h3-4,6,9-10,13,23-24,27H,1-2,5,7-8H2,(H4,20,21,22)/t13-/m0/s1. The number of guanidine groups is 1. The molecule has 32 heavy (non-hydrogen) atoms. The highest BCUT2D eigenvalue weighted by Gasteiger charge is 2.30. The minimum absolute atomic E-state index is 0.0139. The van der Waals surface area contributed by atoms with Crippen molar-refractivity contribution in [3.8, 4) is 5.75 Å². The molecule has 1 aliphatic heterocycles. The number of carbonyl (C=O) groups is 2. The number of carbonyl (C=O) groups excluding carboxylic acids is 2. The second-order valence-electron chi connectivity index (χ2n) is 6.99. The SMILES string of the molecule is N=C(N)NCCC[C@H](NO)C(=O)C(=O)c1sccc1NS(=O)(=O)c1ccc2c(c1)CCO2. The first kappa shape index (κ1) is 23.7. The summed E-state index contributed by atoms with van der Waals surface area (Å²) in [6.07, 6.45) is 1.06. The summed E-state index contributed by atoms with van der Waals surface area (Å²) in [6.45, 7) is 0.771. The molecule has 0 spiro atoms. The Hall–Kier alpha value is -3.00. The van der Waals surface area contributed by atoms with Gasteiger partial charge in [-0.05, 0) is 48.1 Å². The van der Waals surface area contributed by atoms with Crippen LogP contribution in [-0.4, -0.2) is 50.3 Å². The zero-order chi connectivity index (χ0) is 23.3. The number of Topliss-reactive ketones (excluding diaryl/α,β-unsaturated/α-hetero) is 2. The summed E-state index contributed by atoms with van der Waals surface area (Å²) in [5, 5.41) is 20.4. The van der Waals surface area contributed by atoms with Crippen LogP contribution in [0.3, 0.4) is 0 Å². The molecule has 0 saturated carbocycles. The molecular formula is C19H23N5O6S2. The third-order valence-electron chi connectivity index (χ3n) is 4.77. The first-order valence-electron chi connectivity index (χ1n) is 9.65. The maximum Gasteiger partial charge on any atom is 0.261 e. The van der Waals surface area contributed by atoms with Gasteiger partial charge in [-0.3, -0.25) is 19.7 Å². The normalized spacial score (nSPS) is 13.7. The van der Waals surface area contributed by atoms with E-state index in [0.717, 1.165) is 16.9 Å².